The van der Waals surface area contributed by atoms with Gasteiger partial charge in [0.15, 0.2) is 0 Å². The third kappa shape index (κ3) is 3.28. The second-order valence-corrected chi connectivity index (χ2v) is 4.21. The second-order valence-electron chi connectivity index (χ2n) is 4.21. The van der Waals surface area contributed by atoms with Crippen LogP contribution in [0, 0.1) is 0 Å². The summed E-state index contributed by atoms with van der Waals surface area (Å²) in [6.07, 6.45) is 2.24. The highest BCUT2D eigenvalue weighted by atomic mass is 16.3. The summed E-state index contributed by atoms with van der Waals surface area (Å²) < 4.78 is 0. The Morgan fingerprint density at radius 2 is 2.00 bits per heavy atom. The zero-order valence-corrected chi connectivity index (χ0v) is 10.5. The lowest BCUT2D eigenvalue weighted by Gasteiger charge is -2.30. The molecule has 6 nitrogen and oxygen atoms in total. The molecule has 0 unspecified atom stereocenters. The standard InChI is InChI=1S/C11H20N4O2/c1-4-11(7-16,8-17)14-9-5-6-12-10(13-9)15(2)3/h5-6,16-17H,4,7-8H2,1-3H3,(H,12,13,14). The maximum Gasteiger partial charge on any atom is 0.226 e. The van der Waals surface area contributed by atoms with Gasteiger partial charge in [-0.2, -0.15) is 4.98 Å². The molecule has 0 fully saturated rings. The third-order valence-corrected chi connectivity index (χ3v) is 2.72. The molecule has 1 aromatic rings. The Kier molecular flexibility index (Phi) is 4.65. The van der Waals surface area contributed by atoms with E-state index in [4.69, 9.17) is 0 Å². The summed E-state index contributed by atoms with van der Waals surface area (Å²) in [5.74, 6) is 1.17. The molecule has 0 amide bonds. The lowest BCUT2D eigenvalue weighted by Crippen LogP contribution is -2.45. The molecule has 0 aromatic carbocycles. The van der Waals surface area contributed by atoms with Crippen molar-refractivity contribution < 1.29 is 10.2 Å². The molecule has 0 atom stereocenters. The number of hydrogen-bond donors (Lipinski definition) is 3. The van der Waals surface area contributed by atoms with Crippen LogP contribution in [0.25, 0.3) is 0 Å². The zero-order chi connectivity index (χ0) is 12.9. The van der Waals surface area contributed by atoms with Gasteiger partial charge in [0.25, 0.3) is 0 Å². The van der Waals surface area contributed by atoms with Gasteiger partial charge in [-0.25, -0.2) is 4.98 Å². The predicted octanol–water partition coefficient (Wildman–Crippen LogP) is 0.0879. The van der Waals surface area contributed by atoms with Gasteiger partial charge in [-0.15, -0.1) is 0 Å². The second kappa shape index (κ2) is 5.79. The molecule has 1 aromatic heterocycles. The Morgan fingerprint density at radius 1 is 1.35 bits per heavy atom. The van der Waals surface area contributed by atoms with Crippen molar-refractivity contribution in [2.24, 2.45) is 0 Å². The predicted molar refractivity (Wildman–Crippen MR) is 67.2 cm³/mol. The maximum atomic E-state index is 9.34. The monoisotopic (exact) mass is 240 g/mol. The highest BCUT2D eigenvalue weighted by molar-refractivity contribution is 5.42. The Hall–Kier alpha value is -1.40. The highest BCUT2D eigenvalue weighted by Gasteiger charge is 2.26. The van der Waals surface area contributed by atoms with E-state index >= 15 is 0 Å². The summed E-state index contributed by atoms with van der Waals surface area (Å²) >= 11 is 0. The lowest BCUT2D eigenvalue weighted by atomic mass is 9.98. The van der Waals surface area contributed by atoms with Crippen LogP contribution in [-0.2, 0) is 0 Å². The van der Waals surface area contributed by atoms with Crippen LogP contribution in [0.3, 0.4) is 0 Å². The van der Waals surface area contributed by atoms with Crippen molar-refractivity contribution in [1.82, 2.24) is 9.97 Å². The molecule has 0 radical (unpaired) electrons. The summed E-state index contributed by atoms with van der Waals surface area (Å²) in [5.41, 5.74) is -0.738. The molecule has 0 saturated heterocycles. The smallest absolute Gasteiger partial charge is 0.226 e. The first-order valence-corrected chi connectivity index (χ1v) is 5.57. The molecule has 17 heavy (non-hydrogen) atoms. The van der Waals surface area contributed by atoms with Crippen LogP contribution in [0.15, 0.2) is 12.3 Å². The van der Waals surface area contributed by atoms with E-state index in [1.54, 1.807) is 17.2 Å². The van der Waals surface area contributed by atoms with E-state index in [2.05, 4.69) is 15.3 Å². The van der Waals surface area contributed by atoms with Gasteiger partial charge < -0.3 is 20.4 Å². The summed E-state index contributed by atoms with van der Waals surface area (Å²) in [4.78, 5) is 10.2. The number of aliphatic hydroxyl groups excluding tert-OH is 2. The van der Waals surface area contributed by atoms with E-state index in [0.717, 1.165) is 0 Å². The van der Waals surface area contributed by atoms with Crippen LogP contribution in [0.1, 0.15) is 13.3 Å². The fraction of sp³-hybridized carbons (Fsp3) is 0.636. The molecular formula is C11H20N4O2. The normalized spacial score (nSPS) is 11.4. The fourth-order valence-electron chi connectivity index (χ4n) is 1.35. The van der Waals surface area contributed by atoms with Gasteiger partial charge >= 0.3 is 0 Å². The average Bonchev–Trinajstić information content (AvgIpc) is 2.36. The van der Waals surface area contributed by atoms with E-state index in [1.807, 2.05) is 21.0 Å². The van der Waals surface area contributed by atoms with Crippen molar-refractivity contribution in [3.05, 3.63) is 12.3 Å². The number of hydrogen-bond acceptors (Lipinski definition) is 6. The Bertz CT molecular complexity index is 345. The number of nitrogens with one attached hydrogen (secondary N) is 1. The molecule has 0 spiro atoms. The van der Waals surface area contributed by atoms with Gasteiger partial charge in [0.05, 0.1) is 18.8 Å². The van der Waals surface area contributed by atoms with Crippen LogP contribution >= 0.6 is 0 Å². The van der Waals surface area contributed by atoms with Gasteiger partial charge in [-0.3, -0.25) is 0 Å². The molecule has 0 saturated carbocycles. The zero-order valence-electron chi connectivity index (χ0n) is 10.5. The third-order valence-electron chi connectivity index (χ3n) is 2.72. The van der Waals surface area contributed by atoms with Crippen molar-refractivity contribution in [3.8, 4) is 0 Å². The minimum absolute atomic E-state index is 0.151. The SMILES string of the molecule is CCC(CO)(CO)Nc1ccnc(N(C)C)n1. The molecular weight excluding hydrogens is 220 g/mol. The minimum atomic E-state index is -0.738. The van der Waals surface area contributed by atoms with Crippen LogP contribution in [0.2, 0.25) is 0 Å². The average molecular weight is 240 g/mol. The summed E-state index contributed by atoms with van der Waals surface area (Å²) in [5, 5.41) is 21.7. The van der Waals surface area contributed by atoms with E-state index in [-0.39, 0.29) is 13.2 Å². The van der Waals surface area contributed by atoms with E-state index in [1.165, 1.54) is 0 Å². The van der Waals surface area contributed by atoms with E-state index in [9.17, 15) is 10.2 Å². The Balaban J connectivity index is 2.90. The molecule has 0 aliphatic heterocycles. The Morgan fingerprint density at radius 3 is 2.47 bits per heavy atom. The molecule has 6 heteroatoms. The first-order valence-electron chi connectivity index (χ1n) is 5.57. The van der Waals surface area contributed by atoms with Crippen molar-refractivity contribution in [1.29, 1.82) is 0 Å². The highest BCUT2D eigenvalue weighted by Crippen LogP contribution is 2.17. The maximum absolute atomic E-state index is 9.34. The molecule has 1 rings (SSSR count). The molecule has 3 N–H and O–H groups in total. The number of aromatic nitrogens is 2. The quantitative estimate of drug-likeness (QED) is 0.653. The molecule has 0 bridgehead atoms. The van der Waals surface area contributed by atoms with Crippen LogP contribution in [0.5, 0.6) is 0 Å². The topological polar surface area (TPSA) is 81.5 Å². The van der Waals surface area contributed by atoms with Crippen molar-refractivity contribution in [2.45, 2.75) is 18.9 Å². The number of rotatable bonds is 6. The molecule has 0 aliphatic carbocycles. The summed E-state index contributed by atoms with van der Waals surface area (Å²) in [6.45, 7) is 1.59. The van der Waals surface area contributed by atoms with Crippen LogP contribution in [0.4, 0.5) is 11.8 Å². The van der Waals surface area contributed by atoms with E-state index < -0.39 is 5.54 Å². The summed E-state index contributed by atoms with van der Waals surface area (Å²) in [7, 11) is 3.70. The number of nitrogens with zero attached hydrogens (tertiary/aromatic N) is 3. The van der Waals surface area contributed by atoms with Gasteiger partial charge in [0.2, 0.25) is 5.95 Å². The fourth-order valence-corrected chi connectivity index (χ4v) is 1.35. The minimum Gasteiger partial charge on any atom is -0.394 e. The van der Waals surface area contributed by atoms with Gasteiger partial charge in [-0.1, -0.05) is 6.92 Å². The van der Waals surface area contributed by atoms with Crippen LogP contribution in [-0.4, -0.2) is 53.0 Å². The molecule has 0 aliphatic rings. The first kappa shape index (κ1) is 13.7. The van der Waals surface area contributed by atoms with Crippen molar-refractivity contribution >= 4 is 11.8 Å². The van der Waals surface area contributed by atoms with Gasteiger partial charge in [0.1, 0.15) is 5.82 Å². The van der Waals surface area contributed by atoms with Gasteiger partial charge in [-0.05, 0) is 12.5 Å². The summed E-state index contributed by atoms with van der Waals surface area (Å²) in [6, 6.07) is 1.71. The van der Waals surface area contributed by atoms with Gasteiger partial charge in [0, 0.05) is 20.3 Å². The Labute approximate surface area is 101 Å². The first-order chi connectivity index (χ1) is 8.06. The number of aliphatic hydroxyl groups is 2. The lowest BCUT2D eigenvalue weighted by molar-refractivity contribution is 0.132. The van der Waals surface area contributed by atoms with Crippen molar-refractivity contribution in [2.75, 3.05) is 37.5 Å². The number of anilines is 2. The van der Waals surface area contributed by atoms with Crippen molar-refractivity contribution in [3.63, 3.8) is 0 Å². The molecule has 96 valence electrons. The van der Waals surface area contributed by atoms with Crippen LogP contribution < -0.4 is 10.2 Å². The van der Waals surface area contributed by atoms with E-state index in [0.29, 0.717) is 18.2 Å². The molecule has 1 heterocycles. The largest absolute Gasteiger partial charge is 0.394 e.